The van der Waals surface area contributed by atoms with Gasteiger partial charge in [0, 0.05) is 0 Å². The number of hydrogen-bond acceptors (Lipinski definition) is 0. The van der Waals surface area contributed by atoms with Crippen LogP contribution in [0.1, 0.15) is 20.3 Å². The maximum absolute atomic E-state index is 2.54. The van der Waals surface area contributed by atoms with Crippen LogP contribution in [0.4, 0.5) is 0 Å². The van der Waals surface area contributed by atoms with E-state index in [-0.39, 0.29) is 0 Å². The van der Waals surface area contributed by atoms with E-state index in [4.69, 9.17) is 0 Å². The van der Waals surface area contributed by atoms with Gasteiger partial charge in [-0.2, -0.15) is 0 Å². The Hall–Kier alpha value is 0.217. The fourth-order valence-corrected chi connectivity index (χ4v) is 3.94. The van der Waals surface area contributed by atoms with Gasteiger partial charge in [0.25, 0.3) is 0 Å². The summed E-state index contributed by atoms with van der Waals surface area (Å²) < 4.78 is 0. The molecule has 0 aromatic carbocycles. The Labute approximate surface area is 53.3 Å². The monoisotopic (exact) mass is 128 g/mol. The first-order valence-corrected chi connectivity index (χ1v) is 6.64. The van der Waals surface area contributed by atoms with Gasteiger partial charge in [-0.1, -0.05) is 44.4 Å². The Morgan fingerprint density at radius 2 is 1.75 bits per heavy atom. The minimum atomic E-state index is -0.574. The molecule has 0 aromatic rings. The summed E-state index contributed by atoms with van der Waals surface area (Å²) in [5, 5.41) is 0. The Morgan fingerprint density at radius 1 is 1.25 bits per heavy atom. The lowest BCUT2D eigenvalue weighted by molar-refractivity contribution is 0.823. The SMILES string of the molecule is CC(C)[Si]1(C)CCC1. The molecule has 0 N–H and O–H groups in total. The van der Waals surface area contributed by atoms with E-state index in [9.17, 15) is 0 Å². The van der Waals surface area contributed by atoms with E-state index in [0.29, 0.717) is 0 Å². The molecule has 8 heavy (non-hydrogen) atoms. The van der Waals surface area contributed by atoms with Gasteiger partial charge in [-0.15, -0.1) is 0 Å². The van der Waals surface area contributed by atoms with Crippen LogP contribution in [0.3, 0.4) is 0 Å². The van der Waals surface area contributed by atoms with Crippen LogP contribution in [0.15, 0.2) is 0 Å². The van der Waals surface area contributed by atoms with Gasteiger partial charge in [0.05, 0.1) is 8.07 Å². The van der Waals surface area contributed by atoms with E-state index in [1.165, 1.54) is 6.42 Å². The summed E-state index contributed by atoms with van der Waals surface area (Å²) in [5.41, 5.74) is 1.04. The van der Waals surface area contributed by atoms with Crippen LogP contribution < -0.4 is 0 Å². The molecule has 0 unspecified atom stereocenters. The maximum Gasteiger partial charge on any atom is 0.0530 e. The molecule has 0 nitrogen and oxygen atoms in total. The minimum Gasteiger partial charge on any atom is -0.0690 e. The second-order valence-electron chi connectivity index (χ2n) is 3.66. The van der Waals surface area contributed by atoms with Crippen molar-refractivity contribution < 1.29 is 0 Å². The number of hydrogen-bond donors (Lipinski definition) is 0. The van der Waals surface area contributed by atoms with Gasteiger partial charge in [-0.05, 0) is 0 Å². The highest BCUT2D eigenvalue weighted by molar-refractivity contribution is 6.82. The van der Waals surface area contributed by atoms with Crippen molar-refractivity contribution in [1.82, 2.24) is 0 Å². The van der Waals surface area contributed by atoms with Crippen molar-refractivity contribution >= 4 is 8.07 Å². The largest absolute Gasteiger partial charge is 0.0690 e. The van der Waals surface area contributed by atoms with E-state index in [1.54, 1.807) is 12.1 Å². The highest BCUT2D eigenvalue weighted by Gasteiger charge is 2.36. The van der Waals surface area contributed by atoms with Crippen molar-refractivity contribution in [3.05, 3.63) is 0 Å². The van der Waals surface area contributed by atoms with E-state index < -0.39 is 8.07 Å². The summed E-state index contributed by atoms with van der Waals surface area (Å²) in [4.78, 5) is 0. The topological polar surface area (TPSA) is 0 Å². The summed E-state index contributed by atoms with van der Waals surface area (Å²) in [7, 11) is -0.574. The van der Waals surface area contributed by atoms with Crippen LogP contribution in [-0.4, -0.2) is 8.07 Å². The first-order chi connectivity index (χ1) is 3.65. The fourth-order valence-electron chi connectivity index (χ4n) is 1.31. The van der Waals surface area contributed by atoms with E-state index in [2.05, 4.69) is 20.4 Å². The minimum absolute atomic E-state index is 0.574. The van der Waals surface area contributed by atoms with Crippen LogP contribution in [0.2, 0.25) is 24.2 Å². The highest BCUT2D eigenvalue weighted by Crippen LogP contribution is 2.40. The average molecular weight is 128 g/mol. The van der Waals surface area contributed by atoms with Crippen LogP contribution in [0.25, 0.3) is 0 Å². The van der Waals surface area contributed by atoms with Gasteiger partial charge in [0.2, 0.25) is 0 Å². The summed E-state index contributed by atoms with van der Waals surface area (Å²) in [6.45, 7) is 7.33. The van der Waals surface area contributed by atoms with Gasteiger partial charge in [-0.25, -0.2) is 0 Å². The normalized spacial score (nSPS) is 25.5. The van der Waals surface area contributed by atoms with Crippen molar-refractivity contribution in [2.75, 3.05) is 0 Å². The predicted octanol–water partition coefficient (Wildman–Crippen LogP) is 2.88. The standard InChI is InChI=1S/C7H16Si/c1-7(2)8(3)5-4-6-8/h7H,4-6H2,1-3H3. The van der Waals surface area contributed by atoms with Gasteiger partial charge < -0.3 is 0 Å². The predicted molar refractivity (Wildman–Crippen MR) is 40.9 cm³/mol. The molecule has 1 aliphatic heterocycles. The molecule has 1 aliphatic rings. The van der Waals surface area contributed by atoms with E-state index in [0.717, 1.165) is 5.54 Å². The molecule has 0 amide bonds. The van der Waals surface area contributed by atoms with Crippen molar-refractivity contribution in [3.8, 4) is 0 Å². The quantitative estimate of drug-likeness (QED) is 0.476. The van der Waals surface area contributed by atoms with Crippen molar-refractivity contribution in [2.45, 2.75) is 44.4 Å². The second-order valence-corrected chi connectivity index (χ2v) is 9.13. The van der Waals surface area contributed by atoms with Gasteiger partial charge in [0.15, 0.2) is 0 Å². The maximum atomic E-state index is 2.54. The molecule has 0 saturated carbocycles. The second kappa shape index (κ2) is 1.87. The molecule has 1 fully saturated rings. The summed E-state index contributed by atoms with van der Waals surface area (Å²) in [6, 6.07) is 3.20. The molecular formula is C7H16Si. The third-order valence-electron chi connectivity index (χ3n) is 2.89. The molecular weight excluding hydrogens is 112 g/mol. The van der Waals surface area contributed by atoms with Crippen molar-refractivity contribution in [3.63, 3.8) is 0 Å². The lowest BCUT2D eigenvalue weighted by atomic mass is 10.5. The lowest BCUT2D eigenvalue weighted by Crippen LogP contribution is -2.40. The Balaban J connectivity index is 2.41. The zero-order chi connectivity index (χ0) is 6.20. The van der Waals surface area contributed by atoms with Gasteiger partial charge >= 0.3 is 0 Å². The molecule has 0 aliphatic carbocycles. The molecule has 0 spiro atoms. The summed E-state index contributed by atoms with van der Waals surface area (Å²) in [6.07, 6.45) is 1.53. The molecule has 0 atom stereocenters. The van der Waals surface area contributed by atoms with Crippen molar-refractivity contribution in [2.24, 2.45) is 0 Å². The van der Waals surface area contributed by atoms with E-state index in [1.807, 2.05) is 0 Å². The summed E-state index contributed by atoms with van der Waals surface area (Å²) in [5.74, 6) is 0. The molecule has 1 heterocycles. The first-order valence-electron chi connectivity index (χ1n) is 3.65. The van der Waals surface area contributed by atoms with Gasteiger partial charge in [-0.3, -0.25) is 0 Å². The third kappa shape index (κ3) is 0.837. The Bertz CT molecular complexity index is 82.4. The smallest absolute Gasteiger partial charge is 0.0530 e. The zero-order valence-electron chi connectivity index (χ0n) is 6.20. The fraction of sp³-hybridized carbons (Fsp3) is 1.00. The molecule has 0 radical (unpaired) electrons. The molecule has 1 saturated heterocycles. The molecule has 1 heteroatoms. The van der Waals surface area contributed by atoms with Crippen LogP contribution in [-0.2, 0) is 0 Å². The Morgan fingerprint density at radius 3 is 1.75 bits per heavy atom. The van der Waals surface area contributed by atoms with Crippen LogP contribution in [0, 0.1) is 0 Å². The Kier molecular flexibility index (Phi) is 1.48. The first kappa shape index (κ1) is 6.34. The van der Waals surface area contributed by atoms with Crippen LogP contribution >= 0.6 is 0 Å². The summed E-state index contributed by atoms with van der Waals surface area (Å²) >= 11 is 0. The van der Waals surface area contributed by atoms with Crippen molar-refractivity contribution in [1.29, 1.82) is 0 Å². The van der Waals surface area contributed by atoms with Gasteiger partial charge in [0.1, 0.15) is 0 Å². The lowest BCUT2D eigenvalue weighted by Gasteiger charge is -2.40. The van der Waals surface area contributed by atoms with E-state index >= 15 is 0 Å². The molecule has 0 aromatic heterocycles. The zero-order valence-corrected chi connectivity index (χ0v) is 7.20. The molecule has 1 rings (SSSR count). The molecule has 48 valence electrons. The molecule has 0 bridgehead atoms. The van der Waals surface area contributed by atoms with Crippen LogP contribution in [0.5, 0.6) is 0 Å². The highest BCUT2D eigenvalue weighted by atomic mass is 28.3. The average Bonchev–Trinajstić information content (AvgIpc) is 1.60. The number of rotatable bonds is 1. The third-order valence-corrected chi connectivity index (χ3v) is 8.67.